The molecule has 0 spiro atoms. The average molecular weight is 472 g/mol. The number of aryl methyl sites for hydroxylation is 2. The predicted molar refractivity (Wildman–Crippen MR) is 135 cm³/mol. The van der Waals surface area contributed by atoms with Gasteiger partial charge in [0.15, 0.2) is 0 Å². The van der Waals surface area contributed by atoms with E-state index in [1.54, 1.807) is 11.1 Å². The number of amides is 1. The maximum Gasteiger partial charge on any atom is 0.410 e. The number of benzene rings is 1. The molecule has 8 nitrogen and oxygen atoms in total. The monoisotopic (exact) mass is 471 g/mol. The van der Waals surface area contributed by atoms with E-state index in [9.17, 15) is 9.59 Å². The van der Waals surface area contributed by atoms with Gasteiger partial charge in [0.05, 0.1) is 23.8 Å². The lowest BCUT2D eigenvalue weighted by Crippen LogP contribution is -2.39. The Kier molecular flexibility index (Phi) is 5.88. The highest BCUT2D eigenvalue weighted by Gasteiger charge is 2.24. The van der Waals surface area contributed by atoms with E-state index in [2.05, 4.69) is 10.1 Å². The smallest absolute Gasteiger partial charge is 0.410 e. The summed E-state index contributed by atoms with van der Waals surface area (Å²) in [4.78, 5) is 32.2. The van der Waals surface area contributed by atoms with Gasteiger partial charge in [-0.15, -0.1) is 0 Å². The van der Waals surface area contributed by atoms with Crippen LogP contribution in [0.5, 0.6) is 0 Å². The molecular formula is C27H29N5O3. The minimum atomic E-state index is -0.530. The van der Waals surface area contributed by atoms with Crippen LogP contribution in [-0.4, -0.2) is 48.8 Å². The van der Waals surface area contributed by atoms with Gasteiger partial charge in [-0.1, -0.05) is 30.3 Å². The molecule has 0 bridgehead atoms. The fourth-order valence-electron chi connectivity index (χ4n) is 4.39. The van der Waals surface area contributed by atoms with E-state index >= 15 is 0 Å². The van der Waals surface area contributed by atoms with E-state index in [-0.39, 0.29) is 11.7 Å². The number of carbonyl (C=O) groups excluding carboxylic acids is 1. The van der Waals surface area contributed by atoms with Crippen LogP contribution >= 0.6 is 0 Å². The summed E-state index contributed by atoms with van der Waals surface area (Å²) in [6.07, 6.45) is 8.65. The molecule has 1 aliphatic rings. The summed E-state index contributed by atoms with van der Waals surface area (Å²) in [6, 6.07) is 11.7. The molecule has 4 heterocycles. The van der Waals surface area contributed by atoms with Crippen LogP contribution in [0.15, 0.2) is 65.9 Å². The van der Waals surface area contributed by atoms with Crippen molar-refractivity contribution in [3.8, 4) is 0 Å². The van der Waals surface area contributed by atoms with Crippen molar-refractivity contribution in [1.29, 1.82) is 0 Å². The Morgan fingerprint density at radius 1 is 1.14 bits per heavy atom. The Hall–Kier alpha value is -3.94. The Labute approximate surface area is 203 Å². The van der Waals surface area contributed by atoms with E-state index in [0.717, 1.165) is 27.9 Å². The largest absolute Gasteiger partial charge is 0.444 e. The van der Waals surface area contributed by atoms with Crippen molar-refractivity contribution >= 4 is 28.1 Å². The molecule has 0 saturated carbocycles. The summed E-state index contributed by atoms with van der Waals surface area (Å²) in [5.41, 5.74) is 3.12. The first-order chi connectivity index (χ1) is 16.8. The zero-order valence-electron chi connectivity index (χ0n) is 20.3. The highest BCUT2D eigenvalue weighted by molar-refractivity contribution is 5.93. The number of rotatable bonds is 4. The van der Waals surface area contributed by atoms with Crippen LogP contribution in [0.4, 0.5) is 4.79 Å². The Morgan fingerprint density at radius 3 is 2.74 bits per heavy atom. The topological polar surface area (TPSA) is 81.7 Å². The molecule has 0 N–H and O–H groups in total. The number of hydrogen-bond acceptors (Lipinski definition) is 5. The molecule has 1 aliphatic heterocycles. The normalized spacial score (nSPS) is 14.4. The fraction of sp³-hybridized carbons (Fsp3) is 0.333. The van der Waals surface area contributed by atoms with E-state index in [1.165, 1.54) is 4.68 Å². The summed E-state index contributed by atoms with van der Waals surface area (Å²) in [7, 11) is 0. The molecule has 0 atom stereocenters. The molecule has 1 aromatic carbocycles. The van der Waals surface area contributed by atoms with Crippen molar-refractivity contribution in [2.75, 3.05) is 13.1 Å². The number of hydrogen-bond donors (Lipinski definition) is 0. The molecule has 3 aromatic heterocycles. The Morgan fingerprint density at radius 2 is 2.00 bits per heavy atom. The second-order valence-corrected chi connectivity index (χ2v) is 9.80. The summed E-state index contributed by atoms with van der Waals surface area (Å²) in [5, 5.41) is 5.89. The number of imidazole rings is 1. The van der Waals surface area contributed by atoms with E-state index in [1.807, 2.05) is 80.0 Å². The van der Waals surface area contributed by atoms with Crippen LogP contribution in [0.2, 0.25) is 0 Å². The van der Waals surface area contributed by atoms with Gasteiger partial charge in [0, 0.05) is 37.3 Å². The lowest BCUT2D eigenvalue weighted by Gasteiger charge is -2.29. The lowest BCUT2D eigenvalue weighted by atomic mass is 9.95. The number of fused-ring (bicyclic) bond motifs is 2. The van der Waals surface area contributed by atoms with E-state index < -0.39 is 5.60 Å². The van der Waals surface area contributed by atoms with Crippen LogP contribution in [0, 0.1) is 0 Å². The van der Waals surface area contributed by atoms with Crippen LogP contribution in [0.3, 0.4) is 0 Å². The summed E-state index contributed by atoms with van der Waals surface area (Å²) in [5.74, 6) is 0. The molecule has 0 saturated heterocycles. The molecule has 0 unspecified atom stereocenters. The zero-order valence-corrected chi connectivity index (χ0v) is 20.3. The second kappa shape index (κ2) is 9.02. The molecule has 1 amide bonds. The Balaban J connectivity index is 1.39. The van der Waals surface area contributed by atoms with Gasteiger partial charge < -0.3 is 14.0 Å². The third kappa shape index (κ3) is 4.82. The van der Waals surface area contributed by atoms with Gasteiger partial charge in [0.25, 0.3) is 5.56 Å². The van der Waals surface area contributed by atoms with Gasteiger partial charge in [-0.2, -0.15) is 5.10 Å². The minimum absolute atomic E-state index is 0.114. The SMILES string of the molecule is CC(C)(C)OC(=O)N1CC=C(c2cccc3cnn(CCc4cn5ccccc5n4)c(=O)c23)CC1. The number of ether oxygens (including phenoxy) is 1. The van der Waals surface area contributed by atoms with Gasteiger partial charge in [-0.05, 0) is 50.5 Å². The summed E-state index contributed by atoms with van der Waals surface area (Å²) < 4.78 is 8.99. The van der Waals surface area contributed by atoms with E-state index in [0.29, 0.717) is 37.9 Å². The maximum absolute atomic E-state index is 13.5. The fourth-order valence-corrected chi connectivity index (χ4v) is 4.39. The summed E-state index contributed by atoms with van der Waals surface area (Å²) >= 11 is 0. The molecule has 180 valence electrons. The number of aromatic nitrogens is 4. The molecule has 8 heteroatoms. The minimum Gasteiger partial charge on any atom is -0.444 e. The van der Waals surface area contributed by atoms with Gasteiger partial charge in [-0.25, -0.2) is 14.5 Å². The Bertz CT molecular complexity index is 1460. The summed E-state index contributed by atoms with van der Waals surface area (Å²) in [6.45, 7) is 7.03. The molecule has 4 aromatic rings. The molecule has 35 heavy (non-hydrogen) atoms. The first-order valence-corrected chi connectivity index (χ1v) is 11.9. The second-order valence-electron chi connectivity index (χ2n) is 9.80. The van der Waals surface area contributed by atoms with Crippen LogP contribution in [0.25, 0.3) is 22.0 Å². The van der Waals surface area contributed by atoms with Gasteiger partial charge >= 0.3 is 6.09 Å². The van der Waals surface area contributed by atoms with Crippen molar-refractivity contribution in [2.24, 2.45) is 0 Å². The van der Waals surface area contributed by atoms with Crippen LogP contribution in [-0.2, 0) is 17.7 Å². The standard InChI is InChI=1S/C27H29N5O3/c1-27(2,3)35-26(34)30-14-10-19(11-15-30)22-8-6-7-20-17-28-32(25(33)24(20)22)16-12-21-18-31-13-5-4-9-23(31)29-21/h4-10,13,17-18H,11-12,14-16H2,1-3H3. The van der Waals surface area contributed by atoms with Gasteiger partial charge in [0.2, 0.25) is 0 Å². The van der Waals surface area contributed by atoms with Crippen molar-refractivity contribution in [2.45, 2.75) is 45.8 Å². The molecule has 0 fully saturated rings. The predicted octanol–water partition coefficient (Wildman–Crippen LogP) is 4.31. The first-order valence-electron chi connectivity index (χ1n) is 11.9. The number of nitrogens with zero attached hydrogens (tertiary/aromatic N) is 5. The lowest BCUT2D eigenvalue weighted by molar-refractivity contribution is 0.0270. The average Bonchev–Trinajstić information content (AvgIpc) is 3.25. The van der Waals surface area contributed by atoms with Gasteiger partial charge in [-0.3, -0.25) is 4.79 Å². The van der Waals surface area contributed by atoms with Crippen LogP contribution < -0.4 is 5.56 Å². The van der Waals surface area contributed by atoms with Crippen LogP contribution in [0.1, 0.15) is 38.4 Å². The van der Waals surface area contributed by atoms with Crippen molar-refractivity contribution in [3.63, 3.8) is 0 Å². The van der Waals surface area contributed by atoms with Gasteiger partial charge in [0.1, 0.15) is 11.2 Å². The highest BCUT2D eigenvalue weighted by atomic mass is 16.6. The third-order valence-corrected chi connectivity index (χ3v) is 6.08. The molecular weight excluding hydrogens is 442 g/mol. The number of pyridine rings is 1. The van der Waals surface area contributed by atoms with Crippen molar-refractivity contribution in [3.05, 3.63) is 82.7 Å². The maximum atomic E-state index is 13.5. The zero-order chi connectivity index (χ0) is 24.6. The first kappa shape index (κ1) is 22.8. The molecule has 0 aliphatic carbocycles. The van der Waals surface area contributed by atoms with Crippen molar-refractivity contribution < 1.29 is 9.53 Å². The molecule has 0 radical (unpaired) electrons. The third-order valence-electron chi connectivity index (χ3n) is 6.08. The molecule has 5 rings (SSSR count). The number of carbonyl (C=O) groups is 1. The van der Waals surface area contributed by atoms with E-state index in [4.69, 9.17) is 4.74 Å². The quantitative estimate of drug-likeness (QED) is 0.443. The van der Waals surface area contributed by atoms with Crippen molar-refractivity contribution in [1.82, 2.24) is 24.1 Å². The highest BCUT2D eigenvalue weighted by Crippen LogP contribution is 2.28.